The number of amides is 1. The summed E-state index contributed by atoms with van der Waals surface area (Å²) in [6, 6.07) is 7.88. The van der Waals surface area contributed by atoms with Crippen molar-refractivity contribution >= 4 is 16.8 Å². The van der Waals surface area contributed by atoms with E-state index in [0.29, 0.717) is 16.5 Å². The van der Waals surface area contributed by atoms with Crippen molar-refractivity contribution in [1.82, 2.24) is 15.3 Å². The number of alkyl halides is 6. The molecule has 3 rings (SSSR count). The monoisotopic (exact) mass is 417 g/mol. The normalized spacial score (nSPS) is 12.2. The molecule has 0 saturated heterocycles. The molecule has 1 amide bonds. The van der Waals surface area contributed by atoms with Crippen molar-refractivity contribution < 1.29 is 35.9 Å². The minimum Gasteiger partial charge on any atom is -0.483 e. The minimum absolute atomic E-state index is 0.0231. The first-order chi connectivity index (χ1) is 13.5. The van der Waals surface area contributed by atoms with Crippen LogP contribution in [0.25, 0.3) is 10.9 Å². The fourth-order valence-corrected chi connectivity index (χ4v) is 2.48. The van der Waals surface area contributed by atoms with Gasteiger partial charge in [0, 0.05) is 17.4 Å². The van der Waals surface area contributed by atoms with Crippen molar-refractivity contribution in [2.24, 2.45) is 0 Å². The summed E-state index contributed by atoms with van der Waals surface area (Å²) in [6.07, 6.45) is -7.99. The van der Waals surface area contributed by atoms with Crippen LogP contribution in [0.2, 0.25) is 0 Å². The molecule has 5 nitrogen and oxygen atoms in total. The van der Waals surface area contributed by atoms with Crippen LogP contribution in [0.3, 0.4) is 0 Å². The van der Waals surface area contributed by atoms with Crippen LogP contribution in [0.4, 0.5) is 26.3 Å². The lowest BCUT2D eigenvalue weighted by molar-refractivity contribution is -0.153. The fourth-order valence-electron chi connectivity index (χ4n) is 2.48. The Kier molecular flexibility index (Phi) is 5.40. The molecule has 2 aromatic heterocycles. The molecule has 1 aromatic carbocycles. The van der Waals surface area contributed by atoms with E-state index in [9.17, 15) is 31.1 Å². The van der Waals surface area contributed by atoms with Gasteiger partial charge in [0.25, 0.3) is 5.91 Å². The Morgan fingerprint density at radius 3 is 2.45 bits per heavy atom. The topological polar surface area (TPSA) is 67.0 Å². The maximum Gasteiger partial charge on any atom is 0.431 e. The molecule has 2 N–H and O–H groups in total. The number of aromatic nitrogens is 2. The molecule has 0 aliphatic heterocycles. The number of carbonyl (C=O) groups is 1. The van der Waals surface area contributed by atoms with Gasteiger partial charge in [-0.05, 0) is 35.9 Å². The molecule has 0 saturated carbocycles. The number of halogens is 6. The van der Waals surface area contributed by atoms with Gasteiger partial charge >= 0.3 is 12.4 Å². The van der Waals surface area contributed by atoms with E-state index in [4.69, 9.17) is 0 Å². The van der Waals surface area contributed by atoms with Gasteiger partial charge < -0.3 is 15.0 Å². The molecule has 0 aliphatic rings. The molecule has 0 radical (unpaired) electrons. The second kappa shape index (κ2) is 7.64. The number of carbonyl (C=O) groups excluding carboxylic acids is 1. The number of fused-ring (bicyclic) bond motifs is 1. The molecule has 2 heterocycles. The summed E-state index contributed by atoms with van der Waals surface area (Å²) in [5.74, 6) is -0.741. The van der Waals surface area contributed by atoms with E-state index in [2.05, 4.69) is 20.0 Å². The van der Waals surface area contributed by atoms with E-state index in [1.165, 1.54) is 24.3 Å². The van der Waals surface area contributed by atoms with Gasteiger partial charge in [0.05, 0.1) is 6.20 Å². The van der Waals surface area contributed by atoms with Crippen LogP contribution in [0, 0.1) is 0 Å². The van der Waals surface area contributed by atoms with E-state index < -0.39 is 30.6 Å². The van der Waals surface area contributed by atoms with Crippen LogP contribution < -0.4 is 10.1 Å². The molecule has 0 unspecified atom stereocenters. The smallest absolute Gasteiger partial charge is 0.431 e. The second-order valence-corrected chi connectivity index (χ2v) is 6.07. The highest BCUT2D eigenvalue weighted by Gasteiger charge is 2.32. The van der Waals surface area contributed by atoms with Gasteiger partial charge in [0.2, 0.25) is 0 Å². The van der Waals surface area contributed by atoms with Gasteiger partial charge in [0.15, 0.2) is 6.61 Å². The molecule has 0 bridgehead atoms. The first-order valence-electron chi connectivity index (χ1n) is 8.14. The quantitative estimate of drug-likeness (QED) is 0.603. The van der Waals surface area contributed by atoms with Crippen molar-refractivity contribution in [2.75, 3.05) is 6.61 Å². The van der Waals surface area contributed by atoms with Crippen LogP contribution in [-0.2, 0) is 12.7 Å². The number of aromatic amines is 1. The van der Waals surface area contributed by atoms with Crippen LogP contribution in [-0.4, -0.2) is 28.7 Å². The number of benzene rings is 1. The number of hydrogen-bond donors (Lipinski definition) is 2. The third kappa shape index (κ3) is 5.39. The standard InChI is InChI=1S/C18H13F6N3O2/c19-17(20,21)9-29-12-2-4-14(25-8-12)16(28)26-7-10-1-3-13-11(5-10)6-15(27-13)18(22,23)24/h1-6,8,27H,7,9H2,(H,26,28). The zero-order valence-corrected chi connectivity index (χ0v) is 14.5. The van der Waals surface area contributed by atoms with E-state index in [1.807, 2.05) is 0 Å². The van der Waals surface area contributed by atoms with Gasteiger partial charge in [-0.2, -0.15) is 26.3 Å². The molecular weight excluding hydrogens is 404 g/mol. The average Bonchev–Trinajstić information content (AvgIpc) is 3.08. The summed E-state index contributed by atoms with van der Waals surface area (Å²) in [5, 5.41) is 2.88. The molecule has 154 valence electrons. The summed E-state index contributed by atoms with van der Waals surface area (Å²) in [5.41, 5.74) is -0.0515. The molecule has 0 atom stereocenters. The zero-order chi connectivity index (χ0) is 21.2. The number of ether oxygens (including phenoxy) is 1. The van der Waals surface area contributed by atoms with Crippen molar-refractivity contribution in [3.8, 4) is 5.75 Å². The molecule has 11 heteroatoms. The Morgan fingerprint density at radius 2 is 1.83 bits per heavy atom. The number of rotatable bonds is 5. The summed E-state index contributed by atoms with van der Waals surface area (Å²) in [4.78, 5) is 18.1. The third-order valence-electron chi connectivity index (χ3n) is 3.82. The Labute approximate surface area is 159 Å². The largest absolute Gasteiger partial charge is 0.483 e. The lowest BCUT2D eigenvalue weighted by Gasteiger charge is -2.09. The maximum absolute atomic E-state index is 12.7. The third-order valence-corrected chi connectivity index (χ3v) is 3.82. The van der Waals surface area contributed by atoms with Gasteiger partial charge in [-0.1, -0.05) is 6.07 Å². The van der Waals surface area contributed by atoms with Gasteiger partial charge in [-0.15, -0.1) is 0 Å². The van der Waals surface area contributed by atoms with Crippen molar-refractivity contribution in [2.45, 2.75) is 18.9 Å². The van der Waals surface area contributed by atoms with E-state index in [-0.39, 0.29) is 18.0 Å². The van der Waals surface area contributed by atoms with Gasteiger partial charge in [-0.25, -0.2) is 4.98 Å². The first kappa shape index (κ1) is 20.5. The van der Waals surface area contributed by atoms with Gasteiger partial charge in [-0.3, -0.25) is 4.79 Å². The van der Waals surface area contributed by atoms with Crippen LogP contribution >= 0.6 is 0 Å². The molecule has 0 spiro atoms. The number of pyridine rings is 1. The Morgan fingerprint density at radius 1 is 1.07 bits per heavy atom. The summed E-state index contributed by atoms with van der Waals surface area (Å²) >= 11 is 0. The predicted molar refractivity (Wildman–Crippen MR) is 90.3 cm³/mol. The van der Waals surface area contributed by atoms with E-state index in [0.717, 1.165) is 12.3 Å². The Balaban J connectivity index is 1.61. The fraction of sp³-hybridized carbons (Fsp3) is 0.222. The molecule has 29 heavy (non-hydrogen) atoms. The SMILES string of the molecule is O=C(NCc1ccc2[nH]c(C(F)(F)F)cc2c1)c1ccc(OCC(F)(F)F)cn1. The van der Waals surface area contributed by atoms with Crippen molar-refractivity contribution in [3.05, 3.63) is 59.5 Å². The summed E-state index contributed by atoms with van der Waals surface area (Å²) < 4.78 is 79.0. The van der Waals surface area contributed by atoms with Gasteiger partial charge in [0.1, 0.15) is 17.1 Å². The Bertz CT molecular complexity index is 1010. The molecule has 3 aromatic rings. The van der Waals surface area contributed by atoms with Crippen molar-refractivity contribution in [3.63, 3.8) is 0 Å². The number of nitrogens with one attached hydrogen (secondary N) is 2. The molecule has 0 aliphatic carbocycles. The first-order valence-corrected chi connectivity index (χ1v) is 8.14. The molecule has 0 fully saturated rings. The van der Waals surface area contributed by atoms with Crippen LogP contribution in [0.5, 0.6) is 5.75 Å². The lowest BCUT2D eigenvalue weighted by atomic mass is 10.1. The zero-order valence-electron chi connectivity index (χ0n) is 14.5. The highest BCUT2D eigenvalue weighted by atomic mass is 19.4. The number of hydrogen-bond acceptors (Lipinski definition) is 3. The van der Waals surface area contributed by atoms with E-state index >= 15 is 0 Å². The van der Waals surface area contributed by atoms with E-state index in [1.54, 1.807) is 6.07 Å². The van der Waals surface area contributed by atoms with Crippen LogP contribution in [0.1, 0.15) is 21.7 Å². The average molecular weight is 417 g/mol. The Hall–Kier alpha value is -3.24. The summed E-state index contributed by atoms with van der Waals surface area (Å²) in [7, 11) is 0. The number of nitrogens with zero attached hydrogens (tertiary/aromatic N) is 1. The minimum atomic E-state index is -4.49. The highest BCUT2D eigenvalue weighted by molar-refractivity contribution is 5.92. The maximum atomic E-state index is 12.7. The lowest BCUT2D eigenvalue weighted by Crippen LogP contribution is -2.24. The van der Waals surface area contributed by atoms with Crippen LogP contribution in [0.15, 0.2) is 42.6 Å². The van der Waals surface area contributed by atoms with Crippen molar-refractivity contribution in [1.29, 1.82) is 0 Å². The second-order valence-electron chi connectivity index (χ2n) is 6.07. The highest BCUT2D eigenvalue weighted by Crippen LogP contribution is 2.31. The number of H-pyrrole nitrogens is 1. The predicted octanol–water partition coefficient (Wildman–Crippen LogP) is 4.45. The molecular formula is C18H13F6N3O2. The summed E-state index contributed by atoms with van der Waals surface area (Å²) in [6.45, 7) is -1.45.